The van der Waals surface area contributed by atoms with E-state index in [1.165, 1.54) is 0 Å². The molecule has 0 saturated heterocycles. The summed E-state index contributed by atoms with van der Waals surface area (Å²) < 4.78 is 17.5. The molecule has 0 aliphatic carbocycles. The summed E-state index contributed by atoms with van der Waals surface area (Å²) in [5.74, 6) is -2.41. The van der Waals surface area contributed by atoms with E-state index in [0.29, 0.717) is 0 Å². The van der Waals surface area contributed by atoms with Gasteiger partial charge in [0.25, 0.3) is 0 Å². The quantitative estimate of drug-likeness (QED) is 0.320. The van der Waals surface area contributed by atoms with Gasteiger partial charge in [0.1, 0.15) is 11.2 Å². The van der Waals surface area contributed by atoms with Crippen LogP contribution in [-0.2, 0) is 23.5 Å². The molecular formula is C28H46O6Si. The summed E-state index contributed by atoms with van der Waals surface area (Å²) >= 11 is 0. The Morgan fingerprint density at radius 3 is 1.89 bits per heavy atom. The van der Waals surface area contributed by atoms with Crippen LogP contribution < -0.4 is 0 Å². The molecule has 0 aliphatic heterocycles. The van der Waals surface area contributed by atoms with Crippen LogP contribution in [0.4, 0.5) is 0 Å². The molecule has 0 aliphatic rings. The Morgan fingerprint density at radius 2 is 1.43 bits per heavy atom. The highest BCUT2D eigenvalue weighted by Gasteiger charge is 2.49. The van der Waals surface area contributed by atoms with Gasteiger partial charge in [0.05, 0.1) is 6.42 Å². The fourth-order valence-corrected chi connectivity index (χ4v) is 4.01. The number of ether oxygens (including phenoxy) is 2. The van der Waals surface area contributed by atoms with Crippen molar-refractivity contribution in [3.05, 3.63) is 42.0 Å². The third kappa shape index (κ3) is 10.3. The first-order chi connectivity index (χ1) is 15.7. The van der Waals surface area contributed by atoms with Gasteiger partial charge in [-0.2, -0.15) is 0 Å². The SMILES string of the molecule is CC(C)(C)OC(=O)C[C@@](O)(C(=O)OC(C)(C)C)[C@H](/C=C/c1ccccc1)CO[Si](C)(C)C(C)(C)C. The number of carbonyl (C=O) groups excluding carboxylic acids is 2. The van der Waals surface area contributed by atoms with E-state index in [9.17, 15) is 14.7 Å². The minimum Gasteiger partial charge on any atom is -0.460 e. The highest BCUT2D eigenvalue weighted by molar-refractivity contribution is 6.74. The molecule has 0 fully saturated rings. The number of hydrogen-bond donors (Lipinski definition) is 1. The van der Waals surface area contributed by atoms with Crippen molar-refractivity contribution >= 4 is 26.3 Å². The van der Waals surface area contributed by atoms with E-state index in [1.54, 1.807) is 47.6 Å². The van der Waals surface area contributed by atoms with Gasteiger partial charge in [-0.3, -0.25) is 4.79 Å². The number of aliphatic hydroxyl groups is 1. The summed E-state index contributed by atoms with van der Waals surface area (Å²) in [6, 6.07) is 9.56. The summed E-state index contributed by atoms with van der Waals surface area (Å²) in [5.41, 5.74) is -2.90. The predicted octanol–water partition coefficient (Wildman–Crippen LogP) is 6.14. The average molecular weight is 507 g/mol. The first-order valence-corrected chi connectivity index (χ1v) is 15.1. The fraction of sp³-hybridized carbons (Fsp3) is 0.643. The second-order valence-electron chi connectivity index (χ2n) is 12.6. The van der Waals surface area contributed by atoms with E-state index < -0.39 is 49.4 Å². The molecule has 0 unspecified atom stereocenters. The Bertz CT molecular complexity index is 871. The van der Waals surface area contributed by atoms with Gasteiger partial charge in [-0.05, 0) is 65.2 Å². The molecule has 35 heavy (non-hydrogen) atoms. The molecule has 0 aromatic heterocycles. The molecule has 7 heteroatoms. The van der Waals surface area contributed by atoms with Crippen LogP contribution in [0, 0.1) is 5.92 Å². The summed E-state index contributed by atoms with van der Waals surface area (Å²) in [5, 5.41) is 11.8. The third-order valence-electron chi connectivity index (χ3n) is 5.95. The normalized spacial score (nSPS) is 16.0. The Morgan fingerprint density at radius 1 is 0.914 bits per heavy atom. The van der Waals surface area contributed by atoms with Crippen LogP contribution in [0.1, 0.15) is 74.3 Å². The highest BCUT2D eigenvalue weighted by atomic mass is 28.4. The molecule has 2 atom stereocenters. The number of rotatable bonds is 9. The van der Waals surface area contributed by atoms with Gasteiger partial charge in [0.2, 0.25) is 0 Å². The molecule has 0 spiro atoms. The summed E-state index contributed by atoms with van der Waals surface area (Å²) in [6.07, 6.45) is 3.00. The van der Waals surface area contributed by atoms with Gasteiger partial charge < -0.3 is 19.0 Å². The molecule has 1 aromatic rings. The molecule has 198 valence electrons. The van der Waals surface area contributed by atoms with Crippen LogP contribution >= 0.6 is 0 Å². The standard InChI is InChI=1S/C28H46O6Si/c1-25(2,3)33-23(29)19-28(31,24(30)34-26(4,5)6)22(18-17-21-15-13-12-14-16-21)20-32-35(10,11)27(7,8)9/h12-18,22,31H,19-20H2,1-11H3/b18-17+/t22-,28+/m1/s1. The van der Waals surface area contributed by atoms with Gasteiger partial charge in [0.15, 0.2) is 13.9 Å². The predicted molar refractivity (Wildman–Crippen MR) is 143 cm³/mol. The van der Waals surface area contributed by atoms with Gasteiger partial charge in [-0.15, -0.1) is 0 Å². The molecule has 1 N–H and O–H groups in total. The molecule has 0 bridgehead atoms. The molecule has 0 saturated carbocycles. The Labute approximate surface area is 213 Å². The maximum Gasteiger partial charge on any atom is 0.339 e. The van der Waals surface area contributed by atoms with Gasteiger partial charge >= 0.3 is 11.9 Å². The van der Waals surface area contributed by atoms with Crippen molar-refractivity contribution in [1.82, 2.24) is 0 Å². The maximum absolute atomic E-state index is 13.4. The van der Waals surface area contributed by atoms with E-state index in [4.69, 9.17) is 13.9 Å². The van der Waals surface area contributed by atoms with Gasteiger partial charge in [0, 0.05) is 12.5 Å². The summed E-state index contributed by atoms with van der Waals surface area (Å²) in [4.78, 5) is 26.2. The van der Waals surface area contributed by atoms with Gasteiger partial charge in [-0.1, -0.05) is 63.3 Å². The molecule has 0 amide bonds. The molecule has 0 radical (unpaired) electrons. The van der Waals surface area contributed by atoms with Crippen LogP contribution in [-0.4, -0.2) is 48.8 Å². The first-order valence-electron chi connectivity index (χ1n) is 12.2. The Balaban J connectivity index is 3.49. The minimum atomic E-state index is -2.23. The lowest BCUT2D eigenvalue weighted by Crippen LogP contribution is -2.53. The van der Waals surface area contributed by atoms with E-state index in [2.05, 4.69) is 33.9 Å². The molecule has 6 nitrogen and oxygen atoms in total. The zero-order chi connectivity index (χ0) is 27.3. The lowest BCUT2D eigenvalue weighted by Gasteiger charge is -2.40. The molecule has 0 heterocycles. The Kier molecular flexibility index (Phi) is 10.1. The van der Waals surface area contributed by atoms with Crippen LogP contribution in [0.25, 0.3) is 6.08 Å². The van der Waals surface area contributed by atoms with Crippen molar-refractivity contribution < 1.29 is 28.6 Å². The number of hydrogen-bond acceptors (Lipinski definition) is 6. The average Bonchev–Trinajstić information content (AvgIpc) is 2.64. The zero-order valence-electron chi connectivity index (χ0n) is 23.5. The lowest BCUT2D eigenvalue weighted by molar-refractivity contribution is -0.190. The number of carbonyl (C=O) groups is 2. The van der Waals surface area contributed by atoms with E-state index in [-0.39, 0.29) is 11.6 Å². The van der Waals surface area contributed by atoms with Gasteiger partial charge in [-0.25, -0.2) is 4.79 Å². The van der Waals surface area contributed by atoms with Crippen LogP contribution in [0.2, 0.25) is 18.1 Å². The summed E-state index contributed by atoms with van der Waals surface area (Å²) in [6.45, 7) is 21.0. The van der Waals surface area contributed by atoms with Crippen LogP contribution in [0.15, 0.2) is 36.4 Å². The fourth-order valence-electron chi connectivity index (χ4n) is 2.98. The van der Waals surface area contributed by atoms with Crippen molar-refractivity contribution in [1.29, 1.82) is 0 Å². The summed E-state index contributed by atoms with van der Waals surface area (Å²) in [7, 11) is -2.23. The van der Waals surface area contributed by atoms with Crippen LogP contribution in [0.5, 0.6) is 0 Å². The van der Waals surface area contributed by atoms with Crippen molar-refractivity contribution in [3.63, 3.8) is 0 Å². The molecule has 1 rings (SSSR count). The first kappa shape index (κ1) is 31.1. The monoisotopic (exact) mass is 506 g/mol. The van der Waals surface area contributed by atoms with Crippen molar-refractivity contribution in [2.45, 2.75) is 104 Å². The van der Waals surface area contributed by atoms with Crippen LogP contribution in [0.3, 0.4) is 0 Å². The lowest BCUT2D eigenvalue weighted by atomic mass is 9.84. The second kappa shape index (κ2) is 11.4. The van der Waals surface area contributed by atoms with Crippen molar-refractivity contribution in [2.24, 2.45) is 5.92 Å². The maximum atomic E-state index is 13.4. The smallest absolute Gasteiger partial charge is 0.339 e. The topological polar surface area (TPSA) is 82.1 Å². The second-order valence-corrected chi connectivity index (χ2v) is 17.4. The molecular weight excluding hydrogens is 460 g/mol. The van der Waals surface area contributed by atoms with Crippen molar-refractivity contribution in [2.75, 3.05) is 6.61 Å². The third-order valence-corrected chi connectivity index (χ3v) is 10.5. The van der Waals surface area contributed by atoms with E-state index in [1.807, 2.05) is 36.4 Å². The van der Waals surface area contributed by atoms with E-state index in [0.717, 1.165) is 5.56 Å². The van der Waals surface area contributed by atoms with Crippen molar-refractivity contribution in [3.8, 4) is 0 Å². The number of benzene rings is 1. The molecule has 1 aromatic carbocycles. The number of esters is 2. The van der Waals surface area contributed by atoms with E-state index >= 15 is 0 Å². The largest absolute Gasteiger partial charge is 0.460 e. The highest BCUT2D eigenvalue weighted by Crippen LogP contribution is 2.38. The zero-order valence-corrected chi connectivity index (χ0v) is 24.5. The minimum absolute atomic E-state index is 0.0539. The Hall–Kier alpha value is -1.96.